The molecule has 6 heteroatoms. The molecular formula is C15H23ClN2O2S. The molecule has 1 aliphatic heterocycles. The normalized spacial score (nSPS) is 31.4. The second-order valence-electron chi connectivity index (χ2n) is 5.90. The maximum absolute atomic E-state index is 10.2. The monoisotopic (exact) mass is 330 g/mol. The standard InChI is InChI=1S/C15H23ClN2O2S/c16-15-5-4-14(21-15)13(19)8-18-11-3-1-2-10(11)12-9-20-7-6-17-12/h4-5,10-13,17-19H,1-3,6-9H2. The highest BCUT2D eigenvalue weighted by molar-refractivity contribution is 7.16. The molecule has 2 fully saturated rings. The molecule has 1 aliphatic carbocycles. The second kappa shape index (κ2) is 7.40. The van der Waals surface area contributed by atoms with Crippen molar-refractivity contribution in [2.24, 2.45) is 5.92 Å². The molecule has 0 spiro atoms. The first-order chi connectivity index (χ1) is 10.2. The minimum atomic E-state index is -0.473. The smallest absolute Gasteiger partial charge is 0.101 e. The lowest BCUT2D eigenvalue weighted by molar-refractivity contribution is 0.0513. The van der Waals surface area contributed by atoms with Crippen molar-refractivity contribution in [2.45, 2.75) is 37.5 Å². The fourth-order valence-corrected chi connectivity index (χ4v) is 4.50. The Morgan fingerprint density at radius 3 is 3.10 bits per heavy atom. The summed E-state index contributed by atoms with van der Waals surface area (Å²) in [6, 6.07) is 4.66. The number of hydrogen-bond donors (Lipinski definition) is 3. The summed E-state index contributed by atoms with van der Waals surface area (Å²) in [6.07, 6.45) is 3.20. The largest absolute Gasteiger partial charge is 0.386 e. The Hall–Kier alpha value is -0.170. The molecule has 4 unspecified atom stereocenters. The number of hydrogen-bond acceptors (Lipinski definition) is 5. The zero-order valence-electron chi connectivity index (χ0n) is 12.1. The summed E-state index contributed by atoms with van der Waals surface area (Å²) < 4.78 is 6.32. The quantitative estimate of drug-likeness (QED) is 0.774. The van der Waals surface area contributed by atoms with Crippen LogP contribution in [0.4, 0.5) is 0 Å². The Morgan fingerprint density at radius 1 is 1.48 bits per heavy atom. The summed E-state index contributed by atoms with van der Waals surface area (Å²) in [5.74, 6) is 0.601. The van der Waals surface area contributed by atoms with E-state index in [2.05, 4.69) is 10.6 Å². The lowest BCUT2D eigenvalue weighted by Gasteiger charge is -2.33. The van der Waals surface area contributed by atoms with Gasteiger partial charge in [-0.1, -0.05) is 18.0 Å². The Kier molecular flexibility index (Phi) is 5.54. The number of rotatable bonds is 5. The Bertz CT molecular complexity index is 451. The molecule has 2 aliphatic rings. The van der Waals surface area contributed by atoms with Crippen LogP contribution in [-0.2, 0) is 4.74 Å². The molecule has 1 saturated carbocycles. The van der Waals surface area contributed by atoms with E-state index in [9.17, 15) is 5.11 Å². The molecule has 4 atom stereocenters. The fourth-order valence-electron chi connectivity index (χ4n) is 3.46. The van der Waals surface area contributed by atoms with Crippen LogP contribution in [0.15, 0.2) is 12.1 Å². The SMILES string of the molecule is OC(CNC1CCCC1C1COCCN1)c1ccc(Cl)s1. The van der Waals surface area contributed by atoms with Gasteiger partial charge in [0.15, 0.2) is 0 Å². The highest BCUT2D eigenvalue weighted by Crippen LogP contribution is 2.31. The average molecular weight is 331 g/mol. The van der Waals surface area contributed by atoms with Gasteiger partial charge in [-0.25, -0.2) is 0 Å². The number of morpholine rings is 1. The van der Waals surface area contributed by atoms with Crippen LogP contribution in [-0.4, -0.2) is 43.5 Å². The Balaban J connectivity index is 1.51. The molecular weight excluding hydrogens is 308 g/mol. The maximum Gasteiger partial charge on any atom is 0.101 e. The molecule has 3 N–H and O–H groups in total. The summed E-state index contributed by atoms with van der Waals surface area (Å²) in [5, 5.41) is 17.4. The van der Waals surface area contributed by atoms with Crippen LogP contribution in [0.1, 0.15) is 30.2 Å². The Labute approximate surface area is 134 Å². The highest BCUT2D eigenvalue weighted by atomic mass is 35.5. The van der Waals surface area contributed by atoms with Gasteiger partial charge in [0.1, 0.15) is 6.10 Å². The van der Waals surface area contributed by atoms with E-state index in [1.54, 1.807) is 0 Å². The molecule has 1 aromatic rings. The molecule has 0 bridgehead atoms. The first-order valence-electron chi connectivity index (χ1n) is 7.72. The molecule has 0 aromatic carbocycles. The van der Waals surface area contributed by atoms with Crippen LogP contribution in [0.25, 0.3) is 0 Å². The van der Waals surface area contributed by atoms with Crippen LogP contribution in [0.5, 0.6) is 0 Å². The minimum absolute atomic E-state index is 0.451. The van der Waals surface area contributed by atoms with E-state index in [0.29, 0.717) is 24.5 Å². The van der Waals surface area contributed by atoms with Crippen molar-refractivity contribution < 1.29 is 9.84 Å². The third-order valence-corrected chi connectivity index (χ3v) is 5.86. The Morgan fingerprint density at radius 2 is 2.38 bits per heavy atom. The highest BCUT2D eigenvalue weighted by Gasteiger charge is 2.34. The van der Waals surface area contributed by atoms with Crippen molar-refractivity contribution in [3.63, 3.8) is 0 Å². The van der Waals surface area contributed by atoms with Gasteiger partial charge in [-0.2, -0.15) is 0 Å². The predicted octanol–water partition coefficient (Wildman–Crippen LogP) is 2.18. The molecule has 4 nitrogen and oxygen atoms in total. The number of aliphatic hydroxyl groups excluding tert-OH is 1. The molecule has 21 heavy (non-hydrogen) atoms. The van der Waals surface area contributed by atoms with E-state index in [-0.39, 0.29) is 0 Å². The fraction of sp³-hybridized carbons (Fsp3) is 0.733. The lowest BCUT2D eigenvalue weighted by atomic mass is 9.94. The molecule has 3 rings (SSSR count). The van der Waals surface area contributed by atoms with Crippen LogP contribution >= 0.6 is 22.9 Å². The second-order valence-corrected chi connectivity index (χ2v) is 7.65. The average Bonchev–Trinajstić information content (AvgIpc) is 3.14. The van der Waals surface area contributed by atoms with Crippen LogP contribution in [0.3, 0.4) is 0 Å². The van der Waals surface area contributed by atoms with Crippen molar-refractivity contribution >= 4 is 22.9 Å². The van der Waals surface area contributed by atoms with Gasteiger partial charge in [0.2, 0.25) is 0 Å². The van der Waals surface area contributed by atoms with Gasteiger partial charge in [0.25, 0.3) is 0 Å². The summed E-state index contributed by atoms with van der Waals surface area (Å²) in [6.45, 7) is 3.17. The summed E-state index contributed by atoms with van der Waals surface area (Å²) in [5.41, 5.74) is 0. The topological polar surface area (TPSA) is 53.5 Å². The van der Waals surface area contributed by atoms with Gasteiger partial charge < -0.3 is 20.5 Å². The molecule has 1 saturated heterocycles. The van der Waals surface area contributed by atoms with Gasteiger partial charge in [0.05, 0.1) is 17.6 Å². The van der Waals surface area contributed by atoms with E-state index < -0.39 is 6.10 Å². The zero-order valence-corrected chi connectivity index (χ0v) is 13.6. The van der Waals surface area contributed by atoms with Gasteiger partial charge in [-0.15, -0.1) is 11.3 Å². The maximum atomic E-state index is 10.2. The van der Waals surface area contributed by atoms with Crippen LogP contribution in [0.2, 0.25) is 4.34 Å². The number of nitrogens with one attached hydrogen (secondary N) is 2. The van der Waals surface area contributed by atoms with E-state index >= 15 is 0 Å². The van der Waals surface area contributed by atoms with Crippen LogP contribution < -0.4 is 10.6 Å². The van der Waals surface area contributed by atoms with Crippen molar-refractivity contribution in [1.29, 1.82) is 0 Å². The first-order valence-corrected chi connectivity index (χ1v) is 8.91. The number of ether oxygens (including phenoxy) is 1. The van der Waals surface area contributed by atoms with E-state index in [1.807, 2.05) is 12.1 Å². The minimum Gasteiger partial charge on any atom is -0.386 e. The third kappa shape index (κ3) is 3.97. The summed E-state index contributed by atoms with van der Waals surface area (Å²) in [4.78, 5) is 0.932. The van der Waals surface area contributed by atoms with Crippen molar-refractivity contribution in [2.75, 3.05) is 26.3 Å². The number of thiophene rings is 1. The summed E-state index contributed by atoms with van der Waals surface area (Å²) in [7, 11) is 0. The van der Waals surface area contributed by atoms with Gasteiger partial charge in [0, 0.05) is 30.1 Å². The van der Waals surface area contributed by atoms with Crippen LogP contribution in [0, 0.1) is 5.92 Å². The predicted molar refractivity (Wildman–Crippen MR) is 86.0 cm³/mol. The zero-order chi connectivity index (χ0) is 14.7. The van der Waals surface area contributed by atoms with E-state index in [0.717, 1.165) is 29.0 Å². The van der Waals surface area contributed by atoms with E-state index in [4.69, 9.17) is 16.3 Å². The van der Waals surface area contributed by atoms with E-state index in [1.165, 1.54) is 30.6 Å². The lowest BCUT2D eigenvalue weighted by Crippen LogP contribution is -2.51. The molecule has 0 radical (unpaired) electrons. The number of halogens is 1. The summed E-state index contributed by atoms with van der Waals surface area (Å²) >= 11 is 7.37. The molecule has 0 amide bonds. The van der Waals surface area contributed by atoms with Gasteiger partial charge in [-0.3, -0.25) is 0 Å². The third-order valence-electron chi connectivity index (χ3n) is 4.53. The van der Waals surface area contributed by atoms with Crippen molar-refractivity contribution in [3.8, 4) is 0 Å². The molecule has 1 aromatic heterocycles. The first kappa shape index (κ1) is 15.7. The number of aliphatic hydroxyl groups is 1. The molecule has 118 valence electrons. The van der Waals surface area contributed by atoms with Crippen molar-refractivity contribution in [3.05, 3.63) is 21.3 Å². The van der Waals surface area contributed by atoms with Gasteiger partial charge in [-0.05, 0) is 30.9 Å². The van der Waals surface area contributed by atoms with Crippen molar-refractivity contribution in [1.82, 2.24) is 10.6 Å². The van der Waals surface area contributed by atoms with Gasteiger partial charge >= 0.3 is 0 Å². The molecule has 2 heterocycles.